The van der Waals surface area contributed by atoms with Crippen molar-refractivity contribution >= 4 is 44.1 Å². The molecule has 2 aromatic heterocycles. The van der Waals surface area contributed by atoms with Gasteiger partial charge in [0, 0.05) is 37.0 Å². The summed E-state index contributed by atoms with van der Waals surface area (Å²) < 4.78 is 33.2. The van der Waals surface area contributed by atoms with Crippen LogP contribution in [0.1, 0.15) is 25.7 Å². The molecule has 0 aliphatic rings. The molecule has 0 amide bonds. The van der Waals surface area contributed by atoms with E-state index in [1.165, 1.54) is 17.6 Å². The Bertz CT molecular complexity index is 954. The lowest BCUT2D eigenvalue weighted by Crippen LogP contribution is -2.25. The van der Waals surface area contributed by atoms with Gasteiger partial charge >= 0.3 is 0 Å². The molecular formula is C16H20ClN5O2S2. The minimum absolute atomic E-state index is 0.125. The number of halogens is 1. The second-order valence-electron chi connectivity index (χ2n) is 5.76. The molecule has 0 unspecified atom stereocenters. The predicted octanol–water partition coefficient (Wildman–Crippen LogP) is 3.40. The van der Waals surface area contributed by atoms with Gasteiger partial charge in [-0.2, -0.15) is 4.37 Å². The first-order chi connectivity index (χ1) is 12.6. The molecule has 0 atom stereocenters. The van der Waals surface area contributed by atoms with Crippen LogP contribution in [0.5, 0.6) is 0 Å². The van der Waals surface area contributed by atoms with E-state index in [1.807, 2.05) is 10.6 Å². The average molecular weight is 414 g/mol. The van der Waals surface area contributed by atoms with E-state index in [9.17, 15) is 8.42 Å². The largest absolute Gasteiger partial charge is 0.355 e. The number of nitrogens with zero attached hydrogens (tertiary/aromatic N) is 3. The van der Waals surface area contributed by atoms with Crippen molar-refractivity contribution in [2.75, 3.05) is 18.4 Å². The molecule has 0 saturated carbocycles. The van der Waals surface area contributed by atoms with E-state index >= 15 is 0 Å². The Morgan fingerprint density at radius 3 is 2.69 bits per heavy atom. The van der Waals surface area contributed by atoms with E-state index in [0.717, 1.165) is 43.1 Å². The Hall–Kier alpha value is -1.68. The van der Waals surface area contributed by atoms with Crippen LogP contribution < -0.4 is 10.0 Å². The third kappa shape index (κ3) is 4.73. The molecule has 10 heteroatoms. The molecule has 0 aliphatic carbocycles. The Morgan fingerprint density at radius 2 is 1.88 bits per heavy atom. The zero-order valence-corrected chi connectivity index (χ0v) is 16.4. The summed E-state index contributed by atoms with van der Waals surface area (Å²) in [5, 5.41) is 3.53. The maximum Gasteiger partial charge on any atom is 0.242 e. The summed E-state index contributed by atoms with van der Waals surface area (Å²) in [7, 11) is -3.54. The SMILES string of the molecule is O=S(=O)(NCCCCCCNc1nsc2nccn12)c1ccccc1Cl. The topological polar surface area (TPSA) is 88.4 Å². The van der Waals surface area contributed by atoms with Gasteiger partial charge in [-0.05, 0) is 25.0 Å². The molecule has 2 N–H and O–H groups in total. The smallest absolute Gasteiger partial charge is 0.242 e. The molecule has 7 nitrogen and oxygen atoms in total. The minimum atomic E-state index is -3.54. The van der Waals surface area contributed by atoms with Crippen LogP contribution in [0.2, 0.25) is 5.02 Å². The third-order valence-electron chi connectivity index (χ3n) is 3.85. The zero-order valence-electron chi connectivity index (χ0n) is 14.1. The summed E-state index contributed by atoms with van der Waals surface area (Å²) in [5.74, 6) is 0.815. The van der Waals surface area contributed by atoms with Gasteiger partial charge in [0.1, 0.15) is 4.90 Å². The number of imidazole rings is 1. The quantitative estimate of drug-likeness (QED) is 0.497. The number of hydrogen-bond donors (Lipinski definition) is 2. The number of sulfonamides is 1. The van der Waals surface area contributed by atoms with Crippen molar-refractivity contribution in [3.8, 4) is 0 Å². The number of fused-ring (bicyclic) bond motifs is 1. The van der Waals surface area contributed by atoms with Crippen LogP contribution in [0.3, 0.4) is 0 Å². The van der Waals surface area contributed by atoms with E-state index < -0.39 is 10.0 Å². The maximum absolute atomic E-state index is 12.2. The molecule has 0 aliphatic heterocycles. The van der Waals surface area contributed by atoms with Gasteiger partial charge in [0.25, 0.3) is 0 Å². The maximum atomic E-state index is 12.2. The molecule has 2 heterocycles. The Labute approximate surface area is 161 Å². The summed E-state index contributed by atoms with van der Waals surface area (Å²) in [5.41, 5.74) is 0. The minimum Gasteiger partial charge on any atom is -0.355 e. The summed E-state index contributed by atoms with van der Waals surface area (Å²) >= 11 is 7.30. The first kappa shape index (κ1) is 19.1. The number of anilines is 1. The molecule has 3 rings (SSSR count). The van der Waals surface area contributed by atoms with Gasteiger partial charge in [-0.3, -0.25) is 4.40 Å². The highest BCUT2D eigenvalue weighted by atomic mass is 35.5. The van der Waals surface area contributed by atoms with Gasteiger partial charge in [0.2, 0.25) is 20.9 Å². The number of aromatic nitrogens is 3. The molecule has 0 radical (unpaired) electrons. The summed E-state index contributed by atoms with van der Waals surface area (Å²) in [4.78, 5) is 5.18. The monoisotopic (exact) mass is 413 g/mol. The van der Waals surface area contributed by atoms with E-state index in [2.05, 4.69) is 19.4 Å². The number of unbranched alkanes of at least 4 members (excludes halogenated alkanes) is 3. The molecule has 140 valence electrons. The van der Waals surface area contributed by atoms with E-state index in [0.29, 0.717) is 6.54 Å². The standard InChI is InChI=1S/C16H20ClN5O2S2/c17-13-7-3-4-8-14(13)26(23,24)20-10-6-2-1-5-9-18-15-21-25-16-19-11-12-22(15)16/h3-4,7-8,11-12,20H,1-2,5-6,9-10H2,(H,18,21). The first-order valence-electron chi connectivity index (χ1n) is 8.35. The Kier molecular flexibility index (Phi) is 6.47. The molecule has 0 spiro atoms. The van der Waals surface area contributed by atoms with Crippen LogP contribution in [-0.2, 0) is 10.0 Å². The van der Waals surface area contributed by atoms with Crippen molar-refractivity contribution < 1.29 is 8.42 Å². The van der Waals surface area contributed by atoms with Crippen LogP contribution in [0.4, 0.5) is 5.95 Å². The van der Waals surface area contributed by atoms with Crippen molar-refractivity contribution in [1.29, 1.82) is 0 Å². The molecular weight excluding hydrogens is 394 g/mol. The summed E-state index contributed by atoms with van der Waals surface area (Å²) in [6.45, 7) is 1.23. The fraction of sp³-hybridized carbons (Fsp3) is 0.375. The van der Waals surface area contributed by atoms with Gasteiger partial charge in [0.15, 0.2) is 0 Å². The van der Waals surface area contributed by atoms with Gasteiger partial charge < -0.3 is 5.32 Å². The van der Waals surface area contributed by atoms with Crippen molar-refractivity contribution in [1.82, 2.24) is 18.5 Å². The second kappa shape index (κ2) is 8.81. The van der Waals surface area contributed by atoms with Crippen LogP contribution in [0, 0.1) is 0 Å². The van der Waals surface area contributed by atoms with Crippen molar-refractivity contribution in [3.05, 3.63) is 41.7 Å². The summed E-state index contributed by atoms with van der Waals surface area (Å²) in [6.07, 6.45) is 7.37. The van der Waals surface area contributed by atoms with Crippen LogP contribution in [0.15, 0.2) is 41.6 Å². The normalized spacial score (nSPS) is 11.9. The molecule has 3 aromatic rings. The van der Waals surface area contributed by atoms with Gasteiger partial charge in [0.05, 0.1) is 5.02 Å². The van der Waals surface area contributed by atoms with Gasteiger partial charge in [-0.25, -0.2) is 18.1 Å². The van der Waals surface area contributed by atoms with Crippen molar-refractivity contribution in [2.45, 2.75) is 30.6 Å². The van der Waals surface area contributed by atoms with Crippen LogP contribution in [0.25, 0.3) is 4.96 Å². The Morgan fingerprint density at radius 1 is 1.12 bits per heavy atom. The molecule has 1 aromatic carbocycles. The highest BCUT2D eigenvalue weighted by molar-refractivity contribution is 7.89. The molecule has 26 heavy (non-hydrogen) atoms. The number of rotatable bonds is 10. The number of nitrogens with one attached hydrogen (secondary N) is 2. The first-order valence-corrected chi connectivity index (χ1v) is 11.0. The van der Waals surface area contributed by atoms with Crippen LogP contribution >= 0.6 is 23.1 Å². The lowest BCUT2D eigenvalue weighted by molar-refractivity contribution is 0.573. The number of benzene rings is 1. The lowest BCUT2D eigenvalue weighted by atomic mass is 10.2. The highest BCUT2D eigenvalue weighted by Gasteiger charge is 2.16. The van der Waals surface area contributed by atoms with E-state index in [-0.39, 0.29) is 9.92 Å². The third-order valence-corrected chi connectivity index (χ3v) is 6.54. The van der Waals surface area contributed by atoms with E-state index in [4.69, 9.17) is 11.6 Å². The van der Waals surface area contributed by atoms with Crippen molar-refractivity contribution in [2.24, 2.45) is 0 Å². The molecule has 0 fully saturated rings. The zero-order chi connectivity index (χ0) is 18.4. The van der Waals surface area contributed by atoms with Crippen molar-refractivity contribution in [3.63, 3.8) is 0 Å². The Balaban J connectivity index is 1.31. The van der Waals surface area contributed by atoms with Gasteiger partial charge in [-0.15, -0.1) is 0 Å². The predicted molar refractivity (Wildman–Crippen MR) is 104 cm³/mol. The van der Waals surface area contributed by atoms with Gasteiger partial charge in [-0.1, -0.05) is 36.6 Å². The molecule has 0 saturated heterocycles. The van der Waals surface area contributed by atoms with Crippen LogP contribution in [-0.4, -0.2) is 35.3 Å². The fourth-order valence-electron chi connectivity index (χ4n) is 2.51. The summed E-state index contributed by atoms with van der Waals surface area (Å²) in [6, 6.07) is 6.45. The average Bonchev–Trinajstić information content (AvgIpc) is 3.22. The highest BCUT2D eigenvalue weighted by Crippen LogP contribution is 2.20. The number of hydrogen-bond acceptors (Lipinski definition) is 6. The molecule has 0 bridgehead atoms. The fourth-order valence-corrected chi connectivity index (χ4v) is 4.77. The van der Waals surface area contributed by atoms with E-state index in [1.54, 1.807) is 24.4 Å². The lowest BCUT2D eigenvalue weighted by Gasteiger charge is -2.08. The second-order valence-corrected chi connectivity index (χ2v) is 8.63.